The monoisotopic (exact) mass is 418 g/mol. The van der Waals surface area contributed by atoms with Gasteiger partial charge in [0.25, 0.3) is 6.43 Å². The number of nitrogens with zero attached hydrogens (tertiary/aromatic N) is 5. The number of aromatic nitrogens is 4. The number of hydrogen-bond donors (Lipinski definition) is 1. The van der Waals surface area contributed by atoms with Crippen LogP contribution in [0.4, 0.5) is 27.9 Å². The van der Waals surface area contributed by atoms with Gasteiger partial charge in [-0.3, -0.25) is 0 Å². The number of rotatable bonds is 4. The van der Waals surface area contributed by atoms with Crippen LogP contribution in [0.3, 0.4) is 0 Å². The molecule has 6 nitrogen and oxygen atoms in total. The van der Waals surface area contributed by atoms with Crippen molar-refractivity contribution >= 4 is 28.3 Å². The molecule has 28 heavy (non-hydrogen) atoms. The SMILES string of the molecule is N[C@@H]1CN(c2nc3cc(F)cc(F)c3n2Cc2nnc(C(F)F)s2)CCC1F. The van der Waals surface area contributed by atoms with Gasteiger partial charge in [0.05, 0.1) is 18.1 Å². The number of benzene rings is 1. The van der Waals surface area contributed by atoms with Crippen molar-refractivity contribution in [3.63, 3.8) is 0 Å². The molecule has 0 spiro atoms. The Morgan fingerprint density at radius 3 is 2.71 bits per heavy atom. The molecular formula is C16H15F5N6S. The smallest absolute Gasteiger partial charge is 0.291 e. The van der Waals surface area contributed by atoms with Crippen LogP contribution in [0.15, 0.2) is 12.1 Å². The van der Waals surface area contributed by atoms with E-state index in [0.29, 0.717) is 17.4 Å². The molecule has 3 heterocycles. The first kappa shape index (κ1) is 19.0. The van der Waals surface area contributed by atoms with E-state index in [1.807, 2.05) is 0 Å². The third-order valence-electron chi connectivity index (χ3n) is 4.56. The molecule has 0 saturated carbocycles. The van der Waals surface area contributed by atoms with Crippen LogP contribution in [0.2, 0.25) is 0 Å². The minimum absolute atomic E-state index is 0.00106. The lowest BCUT2D eigenvalue weighted by molar-refractivity contribution is 0.150. The molecule has 0 bridgehead atoms. The number of hydrogen-bond acceptors (Lipinski definition) is 6. The van der Waals surface area contributed by atoms with E-state index in [0.717, 1.165) is 6.07 Å². The van der Waals surface area contributed by atoms with Crippen molar-refractivity contribution in [2.24, 2.45) is 5.73 Å². The average Bonchev–Trinajstić information content (AvgIpc) is 3.23. The van der Waals surface area contributed by atoms with Gasteiger partial charge in [0.1, 0.15) is 22.5 Å². The number of imidazole rings is 1. The highest BCUT2D eigenvalue weighted by Gasteiger charge is 2.30. The predicted molar refractivity (Wildman–Crippen MR) is 93.3 cm³/mol. The zero-order valence-corrected chi connectivity index (χ0v) is 15.1. The lowest BCUT2D eigenvalue weighted by Gasteiger charge is -2.34. The van der Waals surface area contributed by atoms with Crippen molar-refractivity contribution in [3.8, 4) is 0 Å². The molecule has 1 unspecified atom stereocenters. The highest BCUT2D eigenvalue weighted by atomic mass is 32.1. The zero-order valence-electron chi connectivity index (χ0n) is 14.3. The summed E-state index contributed by atoms with van der Waals surface area (Å²) in [4.78, 5) is 5.97. The van der Waals surface area contributed by atoms with Gasteiger partial charge in [-0.1, -0.05) is 11.3 Å². The molecule has 2 N–H and O–H groups in total. The van der Waals surface area contributed by atoms with Gasteiger partial charge in [0.2, 0.25) is 5.95 Å². The number of piperidine rings is 1. The summed E-state index contributed by atoms with van der Waals surface area (Å²) in [5.74, 6) is -1.40. The molecule has 4 rings (SSSR count). The second-order valence-corrected chi connectivity index (χ2v) is 7.60. The van der Waals surface area contributed by atoms with Crippen LogP contribution in [0.1, 0.15) is 22.9 Å². The van der Waals surface area contributed by atoms with Crippen molar-refractivity contribution in [2.75, 3.05) is 18.0 Å². The van der Waals surface area contributed by atoms with Gasteiger partial charge in [-0.05, 0) is 6.42 Å². The fourth-order valence-corrected chi connectivity index (χ4v) is 3.94. The first-order valence-corrected chi connectivity index (χ1v) is 9.25. The van der Waals surface area contributed by atoms with E-state index in [-0.39, 0.29) is 48.0 Å². The molecule has 1 aromatic carbocycles. The van der Waals surface area contributed by atoms with Gasteiger partial charge in [-0.25, -0.2) is 26.9 Å². The second kappa shape index (κ2) is 7.24. The van der Waals surface area contributed by atoms with Crippen LogP contribution >= 0.6 is 11.3 Å². The molecule has 0 aliphatic carbocycles. The number of halogens is 5. The molecule has 12 heteroatoms. The maximum absolute atomic E-state index is 14.5. The van der Waals surface area contributed by atoms with E-state index in [2.05, 4.69) is 15.2 Å². The summed E-state index contributed by atoms with van der Waals surface area (Å²) in [5.41, 5.74) is 5.86. The molecule has 0 radical (unpaired) electrons. The Hall–Kier alpha value is -2.34. The summed E-state index contributed by atoms with van der Waals surface area (Å²) >= 11 is 0.693. The van der Waals surface area contributed by atoms with Crippen LogP contribution in [0.5, 0.6) is 0 Å². The molecule has 2 aromatic heterocycles. The Kier molecular flexibility index (Phi) is 4.91. The van der Waals surface area contributed by atoms with Crippen LogP contribution in [0, 0.1) is 11.6 Å². The normalized spacial score (nSPS) is 20.5. The highest BCUT2D eigenvalue weighted by Crippen LogP contribution is 2.30. The van der Waals surface area contributed by atoms with Gasteiger partial charge >= 0.3 is 0 Å². The van der Waals surface area contributed by atoms with Crippen LogP contribution in [-0.2, 0) is 6.54 Å². The summed E-state index contributed by atoms with van der Waals surface area (Å²) in [5, 5.41) is 6.91. The Bertz CT molecular complexity index is 1000. The first-order valence-electron chi connectivity index (χ1n) is 8.43. The minimum Gasteiger partial charge on any atom is -0.340 e. The molecule has 3 aromatic rings. The number of fused-ring (bicyclic) bond motifs is 1. The van der Waals surface area contributed by atoms with Crippen LogP contribution in [-0.4, -0.2) is 45.1 Å². The fourth-order valence-electron chi connectivity index (χ4n) is 3.25. The highest BCUT2D eigenvalue weighted by molar-refractivity contribution is 7.11. The Morgan fingerprint density at radius 2 is 2.04 bits per heavy atom. The maximum atomic E-state index is 14.5. The largest absolute Gasteiger partial charge is 0.340 e. The Balaban J connectivity index is 1.79. The van der Waals surface area contributed by atoms with E-state index in [9.17, 15) is 22.0 Å². The molecule has 150 valence electrons. The summed E-state index contributed by atoms with van der Waals surface area (Å²) in [7, 11) is 0. The van der Waals surface area contributed by atoms with Gasteiger partial charge in [0, 0.05) is 25.2 Å². The van der Waals surface area contributed by atoms with Gasteiger partial charge in [-0.2, -0.15) is 0 Å². The van der Waals surface area contributed by atoms with Crippen LogP contribution < -0.4 is 10.6 Å². The standard InChI is InChI=1S/C16H15F5N6S/c17-7-3-9(19)13-11(4-7)23-16(26-2-1-8(18)10(22)5-26)27(13)6-12-24-25-15(28-12)14(20)21/h3-4,8,10,14H,1-2,5-6,22H2/t8?,10-/m1/s1. The summed E-state index contributed by atoms with van der Waals surface area (Å²) in [6.45, 7) is 0.317. The third kappa shape index (κ3) is 3.41. The number of alkyl halides is 3. The van der Waals surface area contributed by atoms with E-state index in [1.165, 1.54) is 4.57 Å². The average molecular weight is 418 g/mol. The Morgan fingerprint density at radius 1 is 1.25 bits per heavy atom. The summed E-state index contributed by atoms with van der Waals surface area (Å²) in [6.07, 6.45) is -3.77. The molecule has 1 aliphatic heterocycles. The van der Waals surface area contributed by atoms with Crippen molar-refractivity contribution in [3.05, 3.63) is 33.8 Å². The van der Waals surface area contributed by atoms with E-state index < -0.39 is 35.3 Å². The Labute approximate surface area is 159 Å². The lowest BCUT2D eigenvalue weighted by atomic mass is 10.1. The zero-order chi connectivity index (χ0) is 20.0. The van der Waals surface area contributed by atoms with Gasteiger partial charge in [0.15, 0.2) is 10.8 Å². The second-order valence-electron chi connectivity index (χ2n) is 6.50. The quantitative estimate of drug-likeness (QED) is 0.660. The summed E-state index contributed by atoms with van der Waals surface area (Å²) in [6, 6.07) is 1.04. The van der Waals surface area contributed by atoms with Gasteiger partial charge < -0.3 is 15.2 Å². The summed E-state index contributed by atoms with van der Waals surface area (Å²) < 4.78 is 68.9. The number of nitrogens with two attached hydrogens (primary N) is 1. The fraction of sp³-hybridized carbons (Fsp3) is 0.438. The van der Waals surface area contributed by atoms with E-state index >= 15 is 0 Å². The van der Waals surface area contributed by atoms with Crippen molar-refractivity contribution < 1.29 is 22.0 Å². The molecular weight excluding hydrogens is 403 g/mol. The predicted octanol–water partition coefficient (Wildman–Crippen LogP) is 3.03. The lowest BCUT2D eigenvalue weighted by Crippen LogP contribution is -2.50. The topological polar surface area (TPSA) is 72.9 Å². The van der Waals surface area contributed by atoms with E-state index in [4.69, 9.17) is 5.73 Å². The molecule has 2 atom stereocenters. The molecule has 1 saturated heterocycles. The molecule has 0 amide bonds. The molecule has 1 fully saturated rings. The minimum atomic E-state index is -2.77. The van der Waals surface area contributed by atoms with Crippen LogP contribution in [0.25, 0.3) is 11.0 Å². The third-order valence-corrected chi connectivity index (χ3v) is 5.47. The van der Waals surface area contributed by atoms with Crippen molar-refractivity contribution in [2.45, 2.75) is 31.6 Å². The van der Waals surface area contributed by atoms with Crippen molar-refractivity contribution in [1.29, 1.82) is 0 Å². The van der Waals surface area contributed by atoms with Gasteiger partial charge in [-0.15, -0.1) is 10.2 Å². The van der Waals surface area contributed by atoms with Crippen molar-refractivity contribution in [1.82, 2.24) is 19.7 Å². The maximum Gasteiger partial charge on any atom is 0.291 e. The van der Waals surface area contributed by atoms with E-state index in [1.54, 1.807) is 4.90 Å². The number of anilines is 1. The molecule has 1 aliphatic rings. The first-order chi connectivity index (χ1) is 13.3.